The molecule has 1 amide bonds. The Morgan fingerprint density at radius 2 is 1.69 bits per heavy atom. The molecule has 1 N–H and O–H groups in total. The van der Waals surface area contributed by atoms with Crippen molar-refractivity contribution in [3.05, 3.63) is 52.5 Å². The van der Waals surface area contributed by atoms with Crippen LogP contribution in [0.25, 0.3) is 0 Å². The number of halogens is 1. The Labute approximate surface area is 196 Å². The summed E-state index contributed by atoms with van der Waals surface area (Å²) in [5.74, 6) is -0.429. The molecular formula is C24H32ClN3O3S. The summed E-state index contributed by atoms with van der Waals surface area (Å²) in [6.45, 7) is 8.94. The number of sulfonamides is 1. The molecule has 3 rings (SSSR count). The highest BCUT2D eigenvalue weighted by Gasteiger charge is 2.26. The number of carbonyl (C=O) groups is 1. The molecule has 0 radical (unpaired) electrons. The standard InChI is InChI=1S/C24H32ClN3O3S/c1-4-27(5-2)19-10-13-23(18(3)16-19)26-24(29)21-17-20(11-12-22(21)25)32(30,31)28-14-8-6-7-9-15-28/h10-13,16-17H,4-9,14-15H2,1-3H3,(H,26,29). The second-order valence-corrected chi connectivity index (χ2v) is 10.4. The molecule has 2 aromatic carbocycles. The molecule has 0 atom stereocenters. The number of rotatable bonds is 7. The SMILES string of the molecule is CCN(CC)c1ccc(NC(=O)c2cc(S(=O)(=O)N3CCCCCC3)ccc2Cl)c(C)c1. The smallest absolute Gasteiger partial charge is 0.257 e. The summed E-state index contributed by atoms with van der Waals surface area (Å²) < 4.78 is 27.8. The number of nitrogens with zero attached hydrogens (tertiary/aromatic N) is 2. The van der Waals surface area contributed by atoms with Crippen molar-refractivity contribution >= 4 is 38.9 Å². The van der Waals surface area contributed by atoms with Gasteiger partial charge in [0.15, 0.2) is 0 Å². The highest BCUT2D eigenvalue weighted by atomic mass is 35.5. The van der Waals surface area contributed by atoms with Crippen LogP contribution in [0.2, 0.25) is 5.02 Å². The van der Waals surface area contributed by atoms with E-state index < -0.39 is 15.9 Å². The normalized spacial score (nSPS) is 15.2. The summed E-state index contributed by atoms with van der Waals surface area (Å²) in [6, 6.07) is 10.2. The first-order chi connectivity index (χ1) is 15.3. The van der Waals surface area contributed by atoms with Gasteiger partial charge in [-0.25, -0.2) is 8.42 Å². The van der Waals surface area contributed by atoms with Gasteiger partial charge in [0.25, 0.3) is 5.91 Å². The largest absolute Gasteiger partial charge is 0.372 e. The molecule has 174 valence electrons. The van der Waals surface area contributed by atoms with E-state index in [1.54, 1.807) is 0 Å². The van der Waals surface area contributed by atoms with E-state index in [-0.39, 0.29) is 15.5 Å². The summed E-state index contributed by atoms with van der Waals surface area (Å²) in [6.07, 6.45) is 3.77. The monoisotopic (exact) mass is 477 g/mol. The Balaban J connectivity index is 1.84. The first-order valence-corrected chi connectivity index (χ1v) is 13.1. The molecule has 2 aromatic rings. The molecule has 8 heteroatoms. The predicted molar refractivity (Wildman–Crippen MR) is 131 cm³/mol. The van der Waals surface area contributed by atoms with Crippen LogP contribution in [0.4, 0.5) is 11.4 Å². The lowest BCUT2D eigenvalue weighted by atomic mass is 10.1. The van der Waals surface area contributed by atoms with Gasteiger partial charge in [-0.15, -0.1) is 0 Å². The number of hydrogen-bond acceptors (Lipinski definition) is 4. The topological polar surface area (TPSA) is 69.7 Å². The molecule has 1 aliphatic rings. The van der Waals surface area contributed by atoms with Crippen molar-refractivity contribution in [3.63, 3.8) is 0 Å². The van der Waals surface area contributed by atoms with Crippen LogP contribution in [0.1, 0.15) is 55.5 Å². The van der Waals surface area contributed by atoms with Crippen LogP contribution in [-0.2, 0) is 10.0 Å². The van der Waals surface area contributed by atoms with Crippen molar-refractivity contribution in [1.82, 2.24) is 4.31 Å². The summed E-state index contributed by atoms with van der Waals surface area (Å²) in [5, 5.41) is 3.10. The van der Waals surface area contributed by atoms with Gasteiger partial charge >= 0.3 is 0 Å². The van der Waals surface area contributed by atoms with Crippen molar-refractivity contribution in [2.24, 2.45) is 0 Å². The molecule has 0 aromatic heterocycles. The quantitative estimate of drug-likeness (QED) is 0.586. The van der Waals surface area contributed by atoms with Gasteiger partial charge in [-0.2, -0.15) is 4.31 Å². The van der Waals surface area contributed by atoms with Crippen LogP contribution in [-0.4, -0.2) is 44.8 Å². The van der Waals surface area contributed by atoms with E-state index in [4.69, 9.17) is 11.6 Å². The van der Waals surface area contributed by atoms with Crippen LogP contribution in [0.5, 0.6) is 0 Å². The van der Waals surface area contributed by atoms with Crippen LogP contribution in [0.3, 0.4) is 0 Å². The van der Waals surface area contributed by atoms with Gasteiger partial charge < -0.3 is 10.2 Å². The lowest BCUT2D eigenvalue weighted by Crippen LogP contribution is -2.32. The van der Waals surface area contributed by atoms with Crippen molar-refractivity contribution in [3.8, 4) is 0 Å². The summed E-state index contributed by atoms with van der Waals surface area (Å²) >= 11 is 6.29. The van der Waals surface area contributed by atoms with Gasteiger partial charge in [0.05, 0.1) is 15.5 Å². The minimum atomic E-state index is -3.67. The number of nitrogens with one attached hydrogen (secondary N) is 1. The fourth-order valence-electron chi connectivity index (χ4n) is 4.03. The molecule has 0 saturated carbocycles. The Morgan fingerprint density at radius 3 is 2.28 bits per heavy atom. The zero-order valence-corrected chi connectivity index (χ0v) is 20.6. The predicted octanol–water partition coefficient (Wildman–Crippen LogP) is 5.31. The first-order valence-electron chi connectivity index (χ1n) is 11.2. The van der Waals surface area contributed by atoms with E-state index >= 15 is 0 Å². The average molecular weight is 478 g/mol. The Bertz CT molecular complexity index is 1060. The van der Waals surface area contributed by atoms with Gasteiger partial charge in [0.2, 0.25) is 10.0 Å². The van der Waals surface area contributed by atoms with Gasteiger partial charge in [-0.05, 0) is 75.6 Å². The molecule has 0 bridgehead atoms. The van der Waals surface area contributed by atoms with E-state index in [9.17, 15) is 13.2 Å². The fourth-order valence-corrected chi connectivity index (χ4v) is 5.78. The second-order valence-electron chi connectivity index (χ2n) is 8.09. The van der Waals surface area contributed by atoms with Crippen LogP contribution in [0.15, 0.2) is 41.3 Å². The molecule has 0 spiro atoms. The van der Waals surface area contributed by atoms with Crippen molar-refractivity contribution < 1.29 is 13.2 Å². The minimum absolute atomic E-state index is 0.0996. The Hall–Kier alpha value is -2.09. The van der Waals surface area contributed by atoms with Crippen molar-refractivity contribution in [2.45, 2.75) is 51.3 Å². The summed E-state index contributed by atoms with van der Waals surface area (Å²) in [5.41, 5.74) is 2.83. The van der Waals surface area contributed by atoms with E-state index in [2.05, 4.69) is 24.1 Å². The van der Waals surface area contributed by atoms with Gasteiger partial charge in [0.1, 0.15) is 0 Å². The van der Waals surface area contributed by atoms with E-state index in [0.717, 1.165) is 50.0 Å². The molecule has 1 aliphatic heterocycles. The van der Waals surface area contributed by atoms with Crippen molar-refractivity contribution in [2.75, 3.05) is 36.4 Å². The Morgan fingerprint density at radius 1 is 1.03 bits per heavy atom. The maximum atomic E-state index is 13.1. The second kappa shape index (κ2) is 10.7. The molecule has 32 heavy (non-hydrogen) atoms. The average Bonchev–Trinajstić information content (AvgIpc) is 3.07. The van der Waals surface area contributed by atoms with E-state index in [0.29, 0.717) is 18.8 Å². The number of amides is 1. The maximum Gasteiger partial charge on any atom is 0.257 e. The summed E-state index contributed by atoms with van der Waals surface area (Å²) in [4.78, 5) is 15.3. The number of carbonyl (C=O) groups excluding carboxylic acids is 1. The van der Waals surface area contributed by atoms with Gasteiger partial charge in [-0.1, -0.05) is 24.4 Å². The van der Waals surface area contributed by atoms with Crippen LogP contribution >= 0.6 is 11.6 Å². The van der Waals surface area contributed by atoms with E-state index in [1.165, 1.54) is 22.5 Å². The van der Waals surface area contributed by atoms with Crippen LogP contribution < -0.4 is 10.2 Å². The Kier molecular flexibility index (Phi) is 8.20. The van der Waals surface area contributed by atoms with Crippen LogP contribution in [0, 0.1) is 6.92 Å². The molecular weight excluding hydrogens is 446 g/mol. The molecule has 1 heterocycles. The third kappa shape index (κ3) is 5.45. The number of hydrogen-bond donors (Lipinski definition) is 1. The lowest BCUT2D eigenvalue weighted by Gasteiger charge is -2.22. The molecule has 0 aliphatic carbocycles. The molecule has 6 nitrogen and oxygen atoms in total. The molecule has 0 unspecified atom stereocenters. The van der Waals surface area contributed by atoms with Gasteiger partial charge in [0, 0.05) is 37.6 Å². The summed E-state index contributed by atoms with van der Waals surface area (Å²) in [7, 11) is -3.67. The third-order valence-electron chi connectivity index (χ3n) is 5.97. The number of benzene rings is 2. The first kappa shape index (κ1) is 24.6. The third-order valence-corrected chi connectivity index (χ3v) is 8.20. The number of anilines is 2. The van der Waals surface area contributed by atoms with E-state index in [1.807, 2.05) is 25.1 Å². The van der Waals surface area contributed by atoms with Crippen molar-refractivity contribution in [1.29, 1.82) is 0 Å². The maximum absolute atomic E-state index is 13.1. The minimum Gasteiger partial charge on any atom is -0.372 e. The zero-order chi connectivity index (χ0) is 23.3. The highest BCUT2D eigenvalue weighted by Crippen LogP contribution is 2.27. The van der Waals surface area contributed by atoms with Gasteiger partial charge in [-0.3, -0.25) is 4.79 Å². The fraction of sp³-hybridized carbons (Fsp3) is 0.458. The number of aryl methyl sites for hydroxylation is 1. The zero-order valence-electron chi connectivity index (χ0n) is 19.0. The lowest BCUT2D eigenvalue weighted by molar-refractivity contribution is 0.102. The highest BCUT2D eigenvalue weighted by molar-refractivity contribution is 7.89. The molecule has 1 saturated heterocycles. The molecule has 1 fully saturated rings.